The Bertz CT molecular complexity index is 727. The van der Waals surface area contributed by atoms with Gasteiger partial charge in [0.1, 0.15) is 6.61 Å². The molecule has 140 valence electrons. The number of methoxy groups -OCH3 is 1. The first kappa shape index (κ1) is 18.5. The third-order valence-corrected chi connectivity index (χ3v) is 4.85. The van der Waals surface area contributed by atoms with Gasteiger partial charge in [-0.05, 0) is 31.0 Å². The van der Waals surface area contributed by atoms with Crippen LogP contribution in [0.4, 0.5) is 16.2 Å². The zero-order valence-electron chi connectivity index (χ0n) is 14.4. The lowest BCUT2D eigenvalue weighted by Crippen LogP contribution is -2.44. The molecule has 3 N–H and O–H groups in total. The number of nitrogens with zero attached hydrogens (tertiary/aromatic N) is 1. The monoisotopic (exact) mass is 380 g/mol. The molecule has 0 aliphatic carbocycles. The van der Waals surface area contributed by atoms with Crippen molar-refractivity contribution in [1.82, 2.24) is 10.2 Å². The number of urea groups is 1. The summed E-state index contributed by atoms with van der Waals surface area (Å²) in [6.07, 6.45) is 1.67. The number of halogens is 1. The van der Waals surface area contributed by atoms with E-state index in [0.29, 0.717) is 29.5 Å². The number of amides is 4. The Morgan fingerprint density at radius 3 is 2.85 bits per heavy atom. The Hall–Kier alpha value is -2.32. The third kappa shape index (κ3) is 4.25. The van der Waals surface area contributed by atoms with Crippen LogP contribution in [0.1, 0.15) is 12.8 Å². The largest absolute Gasteiger partial charge is 0.375 e. The second kappa shape index (κ2) is 7.92. The van der Waals surface area contributed by atoms with E-state index in [1.54, 1.807) is 23.1 Å². The van der Waals surface area contributed by atoms with Gasteiger partial charge >= 0.3 is 6.03 Å². The zero-order chi connectivity index (χ0) is 18.7. The fourth-order valence-electron chi connectivity index (χ4n) is 3.23. The van der Waals surface area contributed by atoms with Crippen molar-refractivity contribution in [1.29, 1.82) is 0 Å². The Balaban J connectivity index is 1.69. The Labute approximate surface area is 156 Å². The molecule has 3 heterocycles. The topological polar surface area (TPSA) is 99.8 Å². The molecule has 1 aromatic carbocycles. The maximum absolute atomic E-state index is 12.6. The van der Waals surface area contributed by atoms with Crippen LogP contribution >= 0.6 is 11.6 Å². The quantitative estimate of drug-likeness (QED) is 0.739. The Morgan fingerprint density at radius 1 is 1.31 bits per heavy atom. The average molecular weight is 381 g/mol. The van der Waals surface area contributed by atoms with Crippen molar-refractivity contribution in [3.63, 3.8) is 0 Å². The number of benzene rings is 1. The number of fused-ring (bicyclic) bond motifs is 4. The van der Waals surface area contributed by atoms with E-state index in [1.807, 2.05) is 0 Å². The van der Waals surface area contributed by atoms with Crippen LogP contribution in [0.25, 0.3) is 0 Å². The molecule has 3 aliphatic rings. The second-order valence-corrected chi connectivity index (χ2v) is 6.90. The minimum absolute atomic E-state index is 0.0115. The molecule has 0 saturated carbocycles. The van der Waals surface area contributed by atoms with E-state index < -0.39 is 0 Å². The summed E-state index contributed by atoms with van der Waals surface area (Å²) in [5.41, 5.74) is 0.891. The third-order valence-electron chi connectivity index (χ3n) is 4.52. The summed E-state index contributed by atoms with van der Waals surface area (Å²) in [6.45, 7) is 0.786. The van der Waals surface area contributed by atoms with E-state index in [2.05, 4.69) is 16.0 Å². The molecule has 8 nitrogen and oxygen atoms in total. The van der Waals surface area contributed by atoms with E-state index in [4.69, 9.17) is 16.3 Å². The predicted molar refractivity (Wildman–Crippen MR) is 97.2 cm³/mol. The lowest BCUT2D eigenvalue weighted by atomic mass is 9.96. The first-order valence-electron chi connectivity index (χ1n) is 8.41. The molecule has 0 radical (unpaired) electrons. The molecular weight excluding hydrogens is 360 g/mol. The standard InChI is InChI=1S/C17H21ClN4O4/c1-26-9-15(23)19-11-4-5-13(18)14(6-11)21-17(25)22-7-10-2-3-12(8-22)20-16(10)24/h4-6,10,12H,2-3,7-9H2,1H3,(H,19,23)(H,20,24)(H,21,25). The molecule has 3 fully saturated rings. The van der Waals surface area contributed by atoms with Gasteiger partial charge in [0.25, 0.3) is 0 Å². The molecule has 3 saturated heterocycles. The van der Waals surface area contributed by atoms with Crippen LogP contribution in [-0.4, -0.2) is 55.6 Å². The van der Waals surface area contributed by atoms with Crippen molar-refractivity contribution in [3.8, 4) is 0 Å². The molecule has 1 aromatic rings. The minimum atomic E-state index is -0.319. The highest BCUT2D eigenvalue weighted by Crippen LogP contribution is 2.27. The molecule has 0 spiro atoms. The van der Waals surface area contributed by atoms with Gasteiger partial charge in [0, 0.05) is 31.9 Å². The second-order valence-electron chi connectivity index (χ2n) is 6.49. The lowest BCUT2D eigenvalue weighted by Gasteiger charge is -2.23. The molecular formula is C17H21ClN4O4. The van der Waals surface area contributed by atoms with Crippen molar-refractivity contribution in [3.05, 3.63) is 23.2 Å². The molecule has 2 atom stereocenters. The molecule has 4 rings (SSSR count). The summed E-state index contributed by atoms with van der Waals surface area (Å²) >= 11 is 6.16. The normalized spacial score (nSPS) is 21.8. The van der Waals surface area contributed by atoms with Crippen LogP contribution < -0.4 is 16.0 Å². The number of carbonyl (C=O) groups excluding carboxylic acids is 3. The van der Waals surface area contributed by atoms with Crippen LogP contribution in [0, 0.1) is 5.92 Å². The number of piperidine rings is 1. The molecule has 0 aromatic heterocycles. The number of hydrogen-bond acceptors (Lipinski definition) is 4. The van der Waals surface area contributed by atoms with Gasteiger partial charge in [-0.25, -0.2) is 4.79 Å². The van der Waals surface area contributed by atoms with Gasteiger partial charge in [-0.15, -0.1) is 0 Å². The average Bonchev–Trinajstić information content (AvgIpc) is 2.89. The maximum Gasteiger partial charge on any atom is 0.321 e. The highest BCUT2D eigenvalue weighted by Gasteiger charge is 2.36. The van der Waals surface area contributed by atoms with Crippen LogP contribution in [0.15, 0.2) is 18.2 Å². The van der Waals surface area contributed by atoms with E-state index in [9.17, 15) is 14.4 Å². The molecule has 26 heavy (non-hydrogen) atoms. The summed E-state index contributed by atoms with van der Waals surface area (Å²) in [5, 5.41) is 8.72. The highest BCUT2D eigenvalue weighted by molar-refractivity contribution is 6.33. The SMILES string of the molecule is COCC(=O)Nc1ccc(Cl)c(NC(=O)N2CC3CCC(C2)C(=O)N3)c1. The zero-order valence-corrected chi connectivity index (χ0v) is 15.1. The fourth-order valence-corrected chi connectivity index (χ4v) is 3.39. The van der Waals surface area contributed by atoms with Crippen LogP contribution in [0.3, 0.4) is 0 Å². The van der Waals surface area contributed by atoms with E-state index in [-0.39, 0.29) is 36.4 Å². The van der Waals surface area contributed by atoms with Crippen molar-refractivity contribution in [2.24, 2.45) is 5.92 Å². The first-order chi connectivity index (χ1) is 12.5. The van der Waals surface area contributed by atoms with Gasteiger partial charge in [0.05, 0.1) is 16.6 Å². The van der Waals surface area contributed by atoms with Crippen molar-refractivity contribution >= 4 is 40.8 Å². The summed E-state index contributed by atoms with van der Waals surface area (Å²) < 4.78 is 4.77. The van der Waals surface area contributed by atoms with Crippen molar-refractivity contribution in [2.75, 3.05) is 37.4 Å². The first-order valence-corrected chi connectivity index (χ1v) is 8.78. The van der Waals surface area contributed by atoms with Crippen LogP contribution in [0.5, 0.6) is 0 Å². The van der Waals surface area contributed by atoms with Crippen LogP contribution in [0.2, 0.25) is 5.02 Å². The van der Waals surface area contributed by atoms with E-state index in [1.165, 1.54) is 7.11 Å². The van der Waals surface area contributed by atoms with Crippen LogP contribution in [-0.2, 0) is 14.3 Å². The van der Waals surface area contributed by atoms with Gasteiger partial charge in [0.15, 0.2) is 0 Å². The van der Waals surface area contributed by atoms with Gasteiger partial charge in [-0.1, -0.05) is 11.6 Å². The fraction of sp³-hybridized carbons (Fsp3) is 0.471. The predicted octanol–water partition coefficient (Wildman–Crippen LogP) is 1.67. The van der Waals surface area contributed by atoms with Gasteiger partial charge < -0.3 is 25.6 Å². The minimum Gasteiger partial charge on any atom is -0.375 e. The number of carbonyl (C=O) groups is 3. The molecule has 3 aliphatic heterocycles. The van der Waals surface area contributed by atoms with Gasteiger partial charge in [0.2, 0.25) is 11.8 Å². The van der Waals surface area contributed by atoms with Crippen molar-refractivity contribution in [2.45, 2.75) is 18.9 Å². The maximum atomic E-state index is 12.6. The summed E-state index contributed by atoms with van der Waals surface area (Å²) in [5.74, 6) is -0.465. The molecule has 4 amide bonds. The van der Waals surface area contributed by atoms with Gasteiger partial charge in [-0.3, -0.25) is 9.59 Å². The number of ether oxygens (including phenoxy) is 1. The Kier molecular flexibility index (Phi) is 5.63. The van der Waals surface area contributed by atoms with Crippen molar-refractivity contribution < 1.29 is 19.1 Å². The number of rotatable bonds is 4. The molecule has 9 heteroatoms. The Morgan fingerprint density at radius 2 is 2.12 bits per heavy atom. The summed E-state index contributed by atoms with van der Waals surface area (Å²) in [7, 11) is 1.43. The lowest BCUT2D eigenvalue weighted by molar-refractivity contribution is -0.126. The smallest absolute Gasteiger partial charge is 0.321 e. The number of anilines is 2. The number of nitrogens with one attached hydrogen (secondary N) is 3. The van der Waals surface area contributed by atoms with Gasteiger partial charge in [-0.2, -0.15) is 0 Å². The molecule has 2 bridgehead atoms. The summed E-state index contributed by atoms with van der Waals surface area (Å²) in [4.78, 5) is 37.8. The highest BCUT2D eigenvalue weighted by atomic mass is 35.5. The summed E-state index contributed by atoms with van der Waals surface area (Å²) in [6, 6.07) is 4.49. The van der Waals surface area contributed by atoms with E-state index in [0.717, 1.165) is 12.8 Å². The molecule has 2 unspecified atom stereocenters. The number of hydrogen-bond donors (Lipinski definition) is 3. The van der Waals surface area contributed by atoms with E-state index >= 15 is 0 Å².